The molecular formula is C17H23N3O3. The number of carbonyl (C=O) groups is 2. The second-order valence-electron chi connectivity index (χ2n) is 6.28. The Labute approximate surface area is 136 Å². The van der Waals surface area contributed by atoms with Gasteiger partial charge in [0.05, 0.1) is 5.69 Å². The molecule has 2 aliphatic heterocycles. The summed E-state index contributed by atoms with van der Waals surface area (Å²) >= 11 is 0. The zero-order valence-electron chi connectivity index (χ0n) is 13.4. The fourth-order valence-electron chi connectivity index (χ4n) is 3.41. The van der Waals surface area contributed by atoms with Crippen LogP contribution in [0.1, 0.15) is 19.8 Å². The number of amides is 2. The summed E-state index contributed by atoms with van der Waals surface area (Å²) in [4.78, 5) is 28.2. The van der Waals surface area contributed by atoms with Gasteiger partial charge in [-0.1, -0.05) is 12.1 Å². The molecule has 1 aromatic rings. The fourth-order valence-corrected chi connectivity index (χ4v) is 3.41. The van der Waals surface area contributed by atoms with Crippen LogP contribution in [0.2, 0.25) is 0 Å². The van der Waals surface area contributed by atoms with Gasteiger partial charge in [-0.05, 0) is 37.9 Å². The van der Waals surface area contributed by atoms with Gasteiger partial charge < -0.3 is 20.3 Å². The van der Waals surface area contributed by atoms with Gasteiger partial charge in [-0.15, -0.1) is 0 Å². The van der Waals surface area contributed by atoms with Gasteiger partial charge in [0.1, 0.15) is 5.75 Å². The van der Waals surface area contributed by atoms with Gasteiger partial charge in [-0.2, -0.15) is 0 Å². The minimum Gasteiger partial charge on any atom is -0.482 e. The van der Waals surface area contributed by atoms with Gasteiger partial charge in [-0.3, -0.25) is 9.59 Å². The summed E-state index contributed by atoms with van der Waals surface area (Å²) < 4.78 is 5.42. The summed E-state index contributed by atoms with van der Waals surface area (Å²) in [5, 5.41) is 0. The zero-order valence-corrected chi connectivity index (χ0v) is 13.4. The van der Waals surface area contributed by atoms with Gasteiger partial charge >= 0.3 is 0 Å². The molecule has 2 amide bonds. The van der Waals surface area contributed by atoms with E-state index >= 15 is 0 Å². The summed E-state index contributed by atoms with van der Waals surface area (Å²) in [6.07, 6.45) is 1.28. The van der Waals surface area contributed by atoms with E-state index in [-0.39, 0.29) is 24.5 Å². The highest BCUT2D eigenvalue weighted by atomic mass is 16.5. The number of hydrogen-bond donors (Lipinski definition) is 1. The second-order valence-corrected chi connectivity index (χ2v) is 6.28. The van der Waals surface area contributed by atoms with E-state index in [0.29, 0.717) is 31.2 Å². The summed E-state index contributed by atoms with van der Waals surface area (Å²) in [7, 11) is 0. The molecule has 6 nitrogen and oxygen atoms in total. The molecule has 124 valence electrons. The molecule has 1 fully saturated rings. The number of nitrogens with two attached hydrogens (primary N) is 1. The molecule has 2 heterocycles. The molecule has 2 atom stereocenters. The highest BCUT2D eigenvalue weighted by Gasteiger charge is 2.32. The monoisotopic (exact) mass is 317 g/mol. The maximum absolute atomic E-state index is 12.5. The maximum Gasteiger partial charge on any atom is 0.265 e. The standard InChI is InChI=1S/C17H23N3O3/c1-12-8-13(9-18)10-20(12)16(21)6-7-19-14-4-2-3-5-15(14)23-11-17(19)22/h2-5,12-13H,6-11,18H2,1H3. The van der Waals surface area contributed by atoms with Crippen LogP contribution in [0, 0.1) is 5.92 Å². The van der Waals surface area contributed by atoms with Gasteiger partial charge in [-0.25, -0.2) is 0 Å². The lowest BCUT2D eigenvalue weighted by Gasteiger charge is -2.30. The van der Waals surface area contributed by atoms with Crippen LogP contribution in [0.4, 0.5) is 5.69 Å². The minimum absolute atomic E-state index is 0.0283. The Bertz CT molecular complexity index is 605. The normalized spacial score (nSPS) is 23.7. The van der Waals surface area contributed by atoms with Gasteiger partial charge in [0.25, 0.3) is 5.91 Å². The van der Waals surface area contributed by atoms with E-state index in [0.717, 1.165) is 18.7 Å². The van der Waals surface area contributed by atoms with Crippen molar-refractivity contribution in [2.24, 2.45) is 11.7 Å². The molecule has 0 radical (unpaired) electrons. The molecule has 2 N–H and O–H groups in total. The third-order valence-corrected chi connectivity index (χ3v) is 4.67. The predicted octanol–water partition coefficient (Wildman–Crippen LogP) is 0.998. The number of benzene rings is 1. The third kappa shape index (κ3) is 3.17. The maximum atomic E-state index is 12.5. The largest absolute Gasteiger partial charge is 0.482 e. The number of likely N-dealkylation sites (tertiary alicyclic amines) is 1. The van der Waals surface area contributed by atoms with Crippen LogP contribution in [0.5, 0.6) is 5.75 Å². The number of fused-ring (bicyclic) bond motifs is 1. The molecule has 3 rings (SSSR count). The van der Waals surface area contributed by atoms with Crippen molar-refractivity contribution >= 4 is 17.5 Å². The lowest BCUT2D eigenvalue weighted by Crippen LogP contribution is -2.42. The van der Waals surface area contributed by atoms with Crippen LogP contribution < -0.4 is 15.4 Å². The Hall–Kier alpha value is -2.08. The summed E-state index contributed by atoms with van der Waals surface area (Å²) in [5.74, 6) is 1.06. The molecule has 0 bridgehead atoms. The zero-order chi connectivity index (χ0) is 16.4. The van der Waals surface area contributed by atoms with E-state index in [1.165, 1.54) is 0 Å². The molecule has 2 aliphatic rings. The first-order valence-electron chi connectivity index (χ1n) is 8.12. The van der Waals surface area contributed by atoms with Gasteiger partial charge in [0.15, 0.2) is 6.61 Å². The van der Waals surface area contributed by atoms with Crippen molar-refractivity contribution in [2.75, 3.05) is 31.1 Å². The molecule has 23 heavy (non-hydrogen) atoms. The van der Waals surface area contributed by atoms with E-state index < -0.39 is 0 Å². The van der Waals surface area contributed by atoms with Crippen LogP contribution in [0.25, 0.3) is 0 Å². The first-order chi connectivity index (χ1) is 11.1. The van der Waals surface area contributed by atoms with Crippen LogP contribution in [-0.4, -0.2) is 49.0 Å². The summed E-state index contributed by atoms with van der Waals surface area (Å²) in [6.45, 7) is 3.81. The number of anilines is 1. The number of ether oxygens (including phenoxy) is 1. The Morgan fingerprint density at radius 1 is 1.39 bits per heavy atom. The van der Waals surface area contributed by atoms with E-state index in [2.05, 4.69) is 6.92 Å². The fraction of sp³-hybridized carbons (Fsp3) is 0.529. The Kier molecular flexibility index (Phi) is 4.52. The quantitative estimate of drug-likeness (QED) is 0.899. The Morgan fingerprint density at radius 3 is 2.91 bits per heavy atom. The topological polar surface area (TPSA) is 75.9 Å². The van der Waals surface area contributed by atoms with E-state index in [1.807, 2.05) is 29.2 Å². The molecular weight excluding hydrogens is 294 g/mol. The van der Waals surface area contributed by atoms with Crippen molar-refractivity contribution in [1.82, 2.24) is 4.90 Å². The third-order valence-electron chi connectivity index (χ3n) is 4.67. The molecule has 0 aromatic heterocycles. The minimum atomic E-state index is -0.106. The smallest absolute Gasteiger partial charge is 0.265 e. The molecule has 6 heteroatoms. The van der Waals surface area contributed by atoms with Crippen molar-refractivity contribution in [1.29, 1.82) is 0 Å². The summed E-state index contributed by atoms with van der Waals surface area (Å²) in [6, 6.07) is 7.65. The highest BCUT2D eigenvalue weighted by Crippen LogP contribution is 2.31. The van der Waals surface area contributed by atoms with Crippen molar-refractivity contribution in [3.05, 3.63) is 24.3 Å². The number of carbonyl (C=O) groups excluding carboxylic acids is 2. The van der Waals surface area contributed by atoms with Crippen LogP contribution >= 0.6 is 0 Å². The number of para-hydroxylation sites is 2. The average molecular weight is 317 g/mol. The first kappa shape index (κ1) is 15.8. The van der Waals surface area contributed by atoms with Crippen molar-refractivity contribution in [3.8, 4) is 5.75 Å². The Morgan fingerprint density at radius 2 is 2.17 bits per heavy atom. The number of hydrogen-bond acceptors (Lipinski definition) is 4. The van der Waals surface area contributed by atoms with Crippen LogP contribution in [-0.2, 0) is 9.59 Å². The molecule has 1 saturated heterocycles. The molecule has 0 aliphatic carbocycles. The molecule has 0 spiro atoms. The molecule has 0 saturated carbocycles. The predicted molar refractivity (Wildman–Crippen MR) is 87.2 cm³/mol. The van der Waals surface area contributed by atoms with E-state index in [4.69, 9.17) is 10.5 Å². The SMILES string of the molecule is CC1CC(CN)CN1C(=O)CCN1C(=O)COc2ccccc21. The van der Waals surface area contributed by atoms with Gasteiger partial charge in [0.2, 0.25) is 5.91 Å². The lowest BCUT2D eigenvalue weighted by molar-refractivity contribution is -0.131. The second kappa shape index (κ2) is 6.58. The number of nitrogens with zero attached hydrogens (tertiary/aromatic N) is 2. The lowest BCUT2D eigenvalue weighted by atomic mass is 10.1. The van der Waals surface area contributed by atoms with E-state index in [9.17, 15) is 9.59 Å². The van der Waals surface area contributed by atoms with Crippen LogP contribution in [0.3, 0.4) is 0 Å². The first-order valence-corrected chi connectivity index (χ1v) is 8.12. The van der Waals surface area contributed by atoms with Crippen molar-refractivity contribution in [2.45, 2.75) is 25.8 Å². The highest BCUT2D eigenvalue weighted by molar-refractivity contribution is 5.98. The van der Waals surface area contributed by atoms with Crippen molar-refractivity contribution in [3.63, 3.8) is 0 Å². The van der Waals surface area contributed by atoms with Crippen LogP contribution in [0.15, 0.2) is 24.3 Å². The average Bonchev–Trinajstić information content (AvgIpc) is 2.95. The molecule has 1 aromatic carbocycles. The molecule has 2 unspecified atom stereocenters. The van der Waals surface area contributed by atoms with E-state index in [1.54, 1.807) is 4.90 Å². The van der Waals surface area contributed by atoms with Gasteiger partial charge in [0, 0.05) is 25.6 Å². The Balaban J connectivity index is 1.64. The van der Waals surface area contributed by atoms with Crippen molar-refractivity contribution < 1.29 is 14.3 Å². The summed E-state index contributed by atoms with van der Waals surface area (Å²) in [5.41, 5.74) is 6.46. The number of rotatable bonds is 4.